The molecule has 1 aromatic carbocycles. The molecule has 0 aliphatic carbocycles. The van der Waals surface area contributed by atoms with Crippen molar-refractivity contribution in [2.45, 2.75) is 31.1 Å². The van der Waals surface area contributed by atoms with E-state index in [-0.39, 0.29) is 0 Å². The first-order valence-corrected chi connectivity index (χ1v) is 12.3. The van der Waals surface area contributed by atoms with Gasteiger partial charge in [0, 0.05) is 49.2 Å². The zero-order chi connectivity index (χ0) is 23.0. The van der Waals surface area contributed by atoms with Gasteiger partial charge in [0.25, 0.3) is 0 Å². The van der Waals surface area contributed by atoms with Crippen molar-refractivity contribution in [3.63, 3.8) is 0 Å². The highest BCUT2D eigenvalue weighted by atomic mass is 32.2. The molecule has 0 bridgehead atoms. The summed E-state index contributed by atoms with van der Waals surface area (Å²) >= 11 is 0. The number of hydrogen-bond donors (Lipinski definition) is 1. The van der Waals surface area contributed by atoms with Crippen molar-refractivity contribution in [2.24, 2.45) is 0 Å². The van der Waals surface area contributed by atoms with Crippen LogP contribution in [0.3, 0.4) is 0 Å². The van der Waals surface area contributed by atoms with Crippen molar-refractivity contribution < 1.29 is 13.2 Å². The van der Waals surface area contributed by atoms with Gasteiger partial charge in [0.15, 0.2) is 5.65 Å². The number of fused-ring (bicyclic) bond motifs is 1. The van der Waals surface area contributed by atoms with Gasteiger partial charge in [-0.1, -0.05) is 12.1 Å². The number of hydrogen-bond acceptors (Lipinski definition) is 6. The maximum Gasteiger partial charge on any atom is 0.243 e. The molecule has 170 valence electrons. The second-order valence-corrected chi connectivity index (χ2v) is 10.1. The molecule has 1 aliphatic heterocycles. The van der Waals surface area contributed by atoms with Gasteiger partial charge < -0.3 is 9.72 Å². The Morgan fingerprint density at radius 3 is 2.58 bits per heavy atom. The van der Waals surface area contributed by atoms with Crippen molar-refractivity contribution in [1.82, 2.24) is 24.2 Å². The van der Waals surface area contributed by atoms with Crippen LogP contribution in [0.1, 0.15) is 23.5 Å². The van der Waals surface area contributed by atoms with E-state index in [9.17, 15) is 8.42 Å². The lowest BCUT2D eigenvalue weighted by Gasteiger charge is -2.29. The minimum Gasteiger partial charge on any atom is -0.497 e. The van der Waals surface area contributed by atoms with Gasteiger partial charge in [-0.15, -0.1) is 0 Å². The Labute approximate surface area is 192 Å². The zero-order valence-electron chi connectivity index (χ0n) is 18.6. The van der Waals surface area contributed by atoms with Crippen LogP contribution in [-0.2, 0) is 22.9 Å². The number of methoxy groups -OCH3 is 1. The van der Waals surface area contributed by atoms with E-state index in [1.165, 1.54) is 4.31 Å². The van der Waals surface area contributed by atoms with Crippen molar-refractivity contribution in [1.29, 1.82) is 0 Å². The molecule has 0 atom stereocenters. The molecule has 0 saturated carbocycles. The molecule has 0 radical (unpaired) electrons. The second-order valence-electron chi connectivity index (χ2n) is 8.15. The molecule has 0 unspecified atom stereocenters. The molecule has 1 saturated heterocycles. The molecule has 3 aromatic heterocycles. The van der Waals surface area contributed by atoms with E-state index in [1.54, 1.807) is 31.6 Å². The molecule has 1 N–H and O–H groups in total. The van der Waals surface area contributed by atoms with Gasteiger partial charge in [0.2, 0.25) is 10.0 Å². The summed E-state index contributed by atoms with van der Waals surface area (Å²) < 4.78 is 32.0. The van der Waals surface area contributed by atoms with Gasteiger partial charge in [-0.3, -0.25) is 4.98 Å². The average Bonchev–Trinajstić information content (AvgIpc) is 3.21. The molecule has 1 aliphatic rings. The number of benzene rings is 1. The third-order valence-electron chi connectivity index (χ3n) is 6.09. The molecular formula is C24H25N5O3S. The molecule has 5 rings (SSSR count). The number of nitrogens with zero attached hydrogens (tertiary/aromatic N) is 4. The van der Waals surface area contributed by atoms with E-state index in [1.807, 2.05) is 31.2 Å². The largest absolute Gasteiger partial charge is 0.497 e. The van der Waals surface area contributed by atoms with Gasteiger partial charge in [-0.25, -0.2) is 18.4 Å². The highest BCUT2D eigenvalue weighted by Crippen LogP contribution is 2.29. The molecule has 4 heterocycles. The fraction of sp³-hybridized carbons (Fsp3) is 0.292. The normalized spacial score (nSPS) is 14.4. The minimum atomic E-state index is -3.39. The van der Waals surface area contributed by atoms with Gasteiger partial charge in [0.1, 0.15) is 11.6 Å². The molecule has 1 fully saturated rings. The summed E-state index contributed by atoms with van der Waals surface area (Å²) in [6.45, 7) is 3.22. The first kappa shape index (κ1) is 21.5. The molecule has 33 heavy (non-hydrogen) atoms. The first-order valence-electron chi connectivity index (χ1n) is 10.9. The van der Waals surface area contributed by atoms with E-state index in [4.69, 9.17) is 4.74 Å². The van der Waals surface area contributed by atoms with Crippen LogP contribution in [0.2, 0.25) is 0 Å². The SMILES string of the molecule is COc1ccnc(CCc2nc3ncc(-c4ccc(S(=O)(=O)N5CCC5)cc4)c(C)c3[nH]2)c1. The number of sulfonamides is 1. The summed E-state index contributed by atoms with van der Waals surface area (Å²) in [5.41, 5.74) is 5.38. The third kappa shape index (κ3) is 4.09. The van der Waals surface area contributed by atoms with E-state index < -0.39 is 10.0 Å². The van der Waals surface area contributed by atoms with E-state index in [0.29, 0.717) is 30.1 Å². The van der Waals surface area contributed by atoms with Crippen LogP contribution in [0.5, 0.6) is 5.75 Å². The van der Waals surface area contributed by atoms with E-state index in [2.05, 4.69) is 19.9 Å². The number of imidazole rings is 1. The number of ether oxygens (including phenoxy) is 1. The number of H-pyrrole nitrogens is 1. The number of aromatic amines is 1. The molecule has 4 aromatic rings. The minimum absolute atomic E-state index is 0.326. The average molecular weight is 464 g/mol. The second kappa shape index (κ2) is 8.57. The molecule has 0 amide bonds. The van der Waals surface area contributed by atoms with Crippen LogP contribution in [0.4, 0.5) is 0 Å². The van der Waals surface area contributed by atoms with Crippen LogP contribution in [0.25, 0.3) is 22.3 Å². The molecule has 8 nitrogen and oxygen atoms in total. The summed E-state index contributed by atoms with van der Waals surface area (Å²) in [5.74, 6) is 1.63. The lowest BCUT2D eigenvalue weighted by Crippen LogP contribution is -2.41. The smallest absolute Gasteiger partial charge is 0.243 e. The predicted molar refractivity (Wildman–Crippen MR) is 126 cm³/mol. The summed E-state index contributed by atoms with van der Waals surface area (Å²) in [5, 5.41) is 0. The fourth-order valence-corrected chi connectivity index (χ4v) is 5.50. The lowest BCUT2D eigenvalue weighted by atomic mass is 10.0. The topological polar surface area (TPSA) is 101 Å². The summed E-state index contributed by atoms with van der Waals surface area (Å²) in [6.07, 6.45) is 5.89. The van der Waals surface area contributed by atoms with Crippen LogP contribution >= 0.6 is 0 Å². The van der Waals surface area contributed by atoms with Crippen molar-refractivity contribution >= 4 is 21.2 Å². The number of nitrogens with one attached hydrogen (secondary N) is 1. The predicted octanol–water partition coefficient (Wildman–Crippen LogP) is 3.52. The van der Waals surface area contributed by atoms with Crippen molar-refractivity contribution in [3.8, 4) is 16.9 Å². The Morgan fingerprint density at radius 1 is 1.09 bits per heavy atom. The number of pyridine rings is 2. The monoisotopic (exact) mass is 463 g/mol. The maximum absolute atomic E-state index is 12.6. The fourth-order valence-electron chi connectivity index (χ4n) is 3.98. The Balaban J connectivity index is 1.38. The van der Waals surface area contributed by atoms with Crippen LogP contribution in [-0.4, -0.2) is 52.9 Å². The Hall–Kier alpha value is -3.30. The lowest BCUT2D eigenvalue weighted by molar-refractivity contribution is 0.309. The summed E-state index contributed by atoms with van der Waals surface area (Å²) in [6, 6.07) is 10.8. The van der Waals surface area contributed by atoms with Crippen molar-refractivity contribution in [2.75, 3.05) is 20.2 Å². The van der Waals surface area contributed by atoms with Gasteiger partial charge in [-0.05, 0) is 49.1 Å². The third-order valence-corrected chi connectivity index (χ3v) is 8.00. The molecule has 0 spiro atoms. The highest BCUT2D eigenvalue weighted by Gasteiger charge is 2.29. The zero-order valence-corrected chi connectivity index (χ0v) is 19.4. The van der Waals surface area contributed by atoms with Gasteiger partial charge in [0.05, 0.1) is 17.5 Å². The van der Waals surface area contributed by atoms with Gasteiger partial charge in [-0.2, -0.15) is 4.31 Å². The van der Waals surface area contributed by atoms with Crippen LogP contribution in [0.15, 0.2) is 53.7 Å². The van der Waals surface area contributed by atoms with Crippen LogP contribution < -0.4 is 4.74 Å². The number of rotatable bonds is 7. The Kier molecular flexibility index (Phi) is 5.59. The maximum atomic E-state index is 12.6. The van der Waals surface area contributed by atoms with Crippen molar-refractivity contribution in [3.05, 3.63) is 65.9 Å². The summed E-state index contributed by atoms with van der Waals surface area (Å²) in [4.78, 5) is 17.3. The Bertz CT molecular complexity index is 1410. The first-order chi connectivity index (χ1) is 16.0. The quantitative estimate of drug-likeness (QED) is 0.450. The van der Waals surface area contributed by atoms with E-state index in [0.717, 1.165) is 52.3 Å². The standard InChI is InChI=1S/C24H25N5O3S/c1-16-21(17-4-7-20(8-5-17)33(30,31)29-12-3-13-29)15-26-24-23(16)27-22(28-24)9-6-18-14-19(32-2)10-11-25-18/h4-5,7-8,10-11,14-15H,3,6,9,12-13H2,1-2H3,(H,26,27,28). The number of aromatic nitrogens is 4. The number of aryl methyl sites for hydroxylation is 3. The van der Waals surface area contributed by atoms with Gasteiger partial charge >= 0.3 is 0 Å². The van der Waals surface area contributed by atoms with Crippen LogP contribution in [0, 0.1) is 6.92 Å². The summed E-state index contributed by atoms with van der Waals surface area (Å²) in [7, 11) is -1.75. The van der Waals surface area contributed by atoms with E-state index >= 15 is 0 Å². The molecule has 9 heteroatoms. The highest BCUT2D eigenvalue weighted by molar-refractivity contribution is 7.89. The molecular weight excluding hydrogens is 438 g/mol. The Morgan fingerprint density at radius 2 is 1.88 bits per heavy atom.